The fourth-order valence-corrected chi connectivity index (χ4v) is 3.69. The summed E-state index contributed by atoms with van der Waals surface area (Å²) in [6.45, 7) is 2.90. The molecule has 0 spiro atoms. The predicted octanol–water partition coefficient (Wildman–Crippen LogP) is 4.19. The van der Waals surface area contributed by atoms with Crippen LogP contribution in [0.15, 0.2) is 36.4 Å². The van der Waals surface area contributed by atoms with E-state index in [4.69, 9.17) is 17.0 Å². The SMILES string of the molecule is Cc1c([N+](=O)[O-])cc(C(=O)Oc2ccccc2C(=S)N2CCCCC2)cc1[N+](=O)[O-]. The van der Waals surface area contributed by atoms with Crippen LogP contribution in [0, 0.1) is 27.2 Å². The molecule has 3 rings (SSSR count). The van der Waals surface area contributed by atoms with Crippen molar-refractivity contribution < 1.29 is 19.4 Å². The van der Waals surface area contributed by atoms with Gasteiger partial charge in [-0.25, -0.2) is 4.79 Å². The van der Waals surface area contributed by atoms with Crippen LogP contribution in [0.4, 0.5) is 11.4 Å². The van der Waals surface area contributed by atoms with E-state index in [0.29, 0.717) is 10.6 Å². The zero-order chi connectivity index (χ0) is 21.8. The topological polar surface area (TPSA) is 116 Å². The lowest BCUT2D eigenvalue weighted by molar-refractivity contribution is -0.395. The number of carbonyl (C=O) groups excluding carboxylic acids is 1. The second-order valence-electron chi connectivity index (χ2n) is 6.89. The number of benzene rings is 2. The average Bonchev–Trinajstić information content (AvgIpc) is 2.74. The van der Waals surface area contributed by atoms with E-state index in [1.807, 2.05) is 4.90 Å². The van der Waals surface area contributed by atoms with E-state index in [2.05, 4.69) is 0 Å². The lowest BCUT2D eigenvalue weighted by Crippen LogP contribution is -2.35. The second-order valence-corrected chi connectivity index (χ2v) is 7.28. The molecule has 0 atom stereocenters. The van der Waals surface area contributed by atoms with Gasteiger partial charge in [0, 0.05) is 25.2 Å². The van der Waals surface area contributed by atoms with Crippen LogP contribution in [0.1, 0.15) is 40.7 Å². The number of rotatable bonds is 5. The average molecular weight is 429 g/mol. The minimum atomic E-state index is -0.935. The first kappa shape index (κ1) is 21.3. The summed E-state index contributed by atoms with van der Waals surface area (Å²) < 4.78 is 5.45. The third-order valence-corrected chi connectivity index (χ3v) is 5.42. The largest absolute Gasteiger partial charge is 0.422 e. The summed E-state index contributed by atoms with van der Waals surface area (Å²) in [5.41, 5.74) is -0.897. The summed E-state index contributed by atoms with van der Waals surface area (Å²) >= 11 is 5.58. The molecular weight excluding hydrogens is 410 g/mol. The fourth-order valence-electron chi connectivity index (χ4n) is 3.34. The van der Waals surface area contributed by atoms with E-state index < -0.39 is 27.2 Å². The number of nitro benzene ring substituents is 2. The Morgan fingerprint density at radius 2 is 1.60 bits per heavy atom. The maximum absolute atomic E-state index is 12.7. The zero-order valence-corrected chi connectivity index (χ0v) is 17.0. The van der Waals surface area contributed by atoms with Crippen molar-refractivity contribution in [2.75, 3.05) is 13.1 Å². The summed E-state index contributed by atoms with van der Waals surface area (Å²) in [6, 6.07) is 8.71. The molecule has 1 aliphatic rings. The number of nitrogens with zero attached hydrogens (tertiary/aromatic N) is 3. The van der Waals surface area contributed by atoms with Gasteiger partial charge in [-0.1, -0.05) is 24.4 Å². The molecule has 0 amide bonds. The summed E-state index contributed by atoms with van der Waals surface area (Å²) in [5, 5.41) is 22.5. The van der Waals surface area contributed by atoms with Crippen molar-refractivity contribution in [3.8, 4) is 5.75 Å². The van der Waals surface area contributed by atoms with Gasteiger partial charge in [0.1, 0.15) is 16.3 Å². The number of hydrogen-bond donors (Lipinski definition) is 0. The van der Waals surface area contributed by atoms with Crippen molar-refractivity contribution in [3.63, 3.8) is 0 Å². The summed E-state index contributed by atoms with van der Waals surface area (Å²) in [5.74, 6) is -0.737. The molecule has 9 nitrogen and oxygen atoms in total. The first-order valence-electron chi connectivity index (χ1n) is 9.33. The Morgan fingerprint density at radius 3 is 2.17 bits per heavy atom. The highest BCUT2D eigenvalue weighted by Crippen LogP contribution is 2.30. The van der Waals surface area contributed by atoms with Gasteiger partial charge in [0.05, 0.1) is 21.0 Å². The third kappa shape index (κ3) is 4.43. The minimum absolute atomic E-state index is 0.131. The Kier molecular flexibility index (Phi) is 6.36. The molecule has 1 aliphatic heterocycles. The predicted molar refractivity (Wildman–Crippen MR) is 113 cm³/mol. The van der Waals surface area contributed by atoms with E-state index >= 15 is 0 Å². The van der Waals surface area contributed by atoms with E-state index in [1.54, 1.807) is 24.3 Å². The van der Waals surface area contributed by atoms with Crippen LogP contribution in [0.25, 0.3) is 0 Å². The summed E-state index contributed by atoms with van der Waals surface area (Å²) in [6.07, 6.45) is 3.19. The van der Waals surface area contributed by atoms with E-state index in [0.717, 1.165) is 44.5 Å². The molecule has 10 heteroatoms. The molecule has 0 aromatic heterocycles. The van der Waals surface area contributed by atoms with Crippen LogP contribution in [-0.2, 0) is 0 Å². The number of piperidine rings is 1. The van der Waals surface area contributed by atoms with Gasteiger partial charge in [-0.3, -0.25) is 20.2 Å². The third-order valence-electron chi connectivity index (χ3n) is 4.95. The molecule has 0 bridgehead atoms. The molecule has 30 heavy (non-hydrogen) atoms. The number of hydrogen-bond acceptors (Lipinski definition) is 7. The van der Waals surface area contributed by atoms with Gasteiger partial charge < -0.3 is 9.64 Å². The van der Waals surface area contributed by atoms with Gasteiger partial charge in [0.15, 0.2) is 0 Å². The number of para-hydroxylation sites is 1. The van der Waals surface area contributed by atoms with E-state index in [1.165, 1.54) is 6.92 Å². The molecular formula is C20H19N3O6S. The zero-order valence-electron chi connectivity index (χ0n) is 16.2. The molecule has 2 aromatic carbocycles. The highest BCUT2D eigenvalue weighted by molar-refractivity contribution is 7.80. The number of ether oxygens (including phenoxy) is 1. The van der Waals surface area contributed by atoms with Gasteiger partial charge in [0.2, 0.25) is 0 Å². The lowest BCUT2D eigenvalue weighted by atomic mass is 10.1. The van der Waals surface area contributed by atoms with Gasteiger partial charge in [-0.15, -0.1) is 0 Å². The van der Waals surface area contributed by atoms with Crippen LogP contribution in [0.3, 0.4) is 0 Å². The molecule has 2 aromatic rings. The second kappa shape index (κ2) is 8.95. The van der Waals surface area contributed by atoms with Crippen LogP contribution in [0.2, 0.25) is 0 Å². The standard InChI is InChI=1S/C20H19N3O6S/c1-13-16(22(25)26)11-14(12-17(13)23(27)28)20(24)29-18-8-4-3-7-15(18)19(30)21-9-5-2-6-10-21/h3-4,7-8,11-12H,2,5-6,9-10H2,1H3. The monoisotopic (exact) mass is 429 g/mol. The maximum atomic E-state index is 12.7. The molecule has 156 valence electrons. The first-order valence-corrected chi connectivity index (χ1v) is 9.74. The van der Waals surface area contributed by atoms with Gasteiger partial charge >= 0.3 is 5.97 Å². The fraction of sp³-hybridized carbons (Fsp3) is 0.300. The highest BCUT2D eigenvalue weighted by atomic mass is 32.1. The smallest absolute Gasteiger partial charge is 0.344 e. The van der Waals surface area contributed by atoms with Crippen molar-refractivity contribution in [1.82, 2.24) is 4.90 Å². The number of thiocarbonyl (C=S) groups is 1. The number of carbonyl (C=O) groups is 1. The van der Waals surface area contributed by atoms with Crippen molar-refractivity contribution in [1.29, 1.82) is 0 Å². The number of likely N-dealkylation sites (tertiary alicyclic amines) is 1. The van der Waals surface area contributed by atoms with Gasteiger partial charge in [-0.2, -0.15) is 0 Å². The van der Waals surface area contributed by atoms with Crippen molar-refractivity contribution in [2.24, 2.45) is 0 Å². The first-order chi connectivity index (χ1) is 14.3. The molecule has 0 aliphatic carbocycles. The van der Waals surface area contributed by atoms with Crippen LogP contribution >= 0.6 is 12.2 Å². The molecule has 1 heterocycles. The Labute approximate surface area is 177 Å². The molecule has 1 fully saturated rings. The van der Waals surface area contributed by atoms with Crippen molar-refractivity contribution in [3.05, 3.63) is 73.3 Å². The lowest BCUT2D eigenvalue weighted by Gasteiger charge is -2.29. The maximum Gasteiger partial charge on any atom is 0.344 e. The van der Waals surface area contributed by atoms with Crippen LogP contribution < -0.4 is 4.74 Å². The Balaban J connectivity index is 1.93. The van der Waals surface area contributed by atoms with E-state index in [-0.39, 0.29) is 16.9 Å². The van der Waals surface area contributed by atoms with Crippen molar-refractivity contribution in [2.45, 2.75) is 26.2 Å². The number of esters is 1. The van der Waals surface area contributed by atoms with Gasteiger partial charge in [-0.05, 0) is 38.3 Å². The summed E-state index contributed by atoms with van der Waals surface area (Å²) in [4.78, 5) is 36.3. The van der Waals surface area contributed by atoms with Crippen LogP contribution in [0.5, 0.6) is 5.75 Å². The molecule has 0 N–H and O–H groups in total. The Hall–Kier alpha value is -3.40. The Morgan fingerprint density at radius 1 is 1.03 bits per heavy atom. The normalized spacial score (nSPS) is 13.6. The van der Waals surface area contributed by atoms with Crippen molar-refractivity contribution >= 4 is 34.6 Å². The molecule has 1 saturated heterocycles. The molecule has 0 radical (unpaired) electrons. The van der Waals surface area contributed by atoms with Crippen LogP contribution in [-0.4, -0.2) is 38.8 Å². The Bertz CT molecular complexity index is 998. The molecule has 0 unspecified atom stereocenters. The quantitative estimate of drug-likeness (QED) is 0.228. The van der Waals surface area contributed by atoms with Gasteiger partial charge in [0.25, 0.3) is 11.4 Å². The number of nitro groups is 2. The van der Waals surface area contributed by atoms with E-state index in [9.17, 15) is 25.0 Å². The summed E-state index contributed by atoms with van der Waals surface area (Å²) in [7, 11) is 0. The molecule has 0 saturated carbocycles. The highest BCUT2D eigenvalue weighted by Gasteiger charge is 2.27. The minimum Gasteiger partial charge on any atom is -0.422 e.